The summed E-state index contributed by atoms with van der Waals surface area (Å²) in [5.74, 6) is 8.77. The molecule has 0 bridgehead atoms. The van der Waals surface area contributed by atoms with Gasteiger partial charge < -0.3 is 0 Å². The fraction of sp³-hybridized carbons (Fsp3) is 0.385. The number of aryl methyl sites for hydroxylation is 1. The van der Waals surface area contributed by atoms with E-state index in [0.717, 1.165) is 11.7 Å². The summed E-state index contributed by atoms with van der Waals surface area (Å²) in [4.78, 5) is 1.44. The second-order valence-electron chi connectivity index (χ2n) is 4.10. The lowest BCUT2D eigenvalue weighted by Crippen LogP contribution is -1.93. The molecule has 0 amide bonds. The quantitative estimate of drug-likeness (QED) is 0.665. The van der Waals surface area contributed by atoms with Gasteiger partial charge >= 0.3 is 0 Å². The highest BCUT2D eigenvalue weighted by Crippen LogP contribution is 2.50. The van der Waals surface area contributed by atoms with Crippen LogP contribution in [0.4, 0.5) is 0 Å². The van der Waals surface area contributed by atoms with E-state index in [2.05, 4.69) is 42.9 Å². The Morgan fingerprint density at radius 3 is 2.50 bits per heavy atom. The minimum absolute atomic E-state index is 0.787. The monoisotopic (exact) mass is 206 g/mol. The molecule has 0 unspecified atom stereocenters. The van der Waals surface area contributed by atoms with Crippen LogP contribution in [0.5, 0.6) is 0 Å². The van der Waals surface area contributed by atoms with Crippen LogP contribution in [0, 0.1) is 0 Å². The maximum Gasteiger partial charge on any atom is -0.000464 e. The molecule has 2 rings (SSSR count). The molecule has 1 fully saturated rings. The van der Waals surface area contributed by atoms with Crippen molar-refractivity contribution >= 4 is 20.9 Å². The molecule has 1 heteroatoms. The van der Waals surface area contributed by atoms with E-state index in [1.54, 1.807) is 0 Å². The van der Waals surface area contributed by atoms with Crippen LogP contribution < -0.4 is 0 Å². The van der Waals surface area contributed by atoms with Crippen LogP contribution >= 0.6 is 9.21 Å². The molecule has 1 aromatic carbocycles. The summed E-state index contributed by atoms with van der Waals surface area (Å²) in [5.41, 5.74) is 1.44. The molecular formula is C13H18S. The summed E-state index contributed by atoms with van der Waals surface area (Å²) < 4.78 is 0. The van der Waals surface area contributed by atoms with Gasteiger partial charge in [-0.15, -0.1) is 0 Å². The van der Waals surface area contributed by atoms with Crippen LogP contribution in [0.2, 0.25) is 0 Å². The summed E-state index contributed by atoms with van der Waals surface area (Å²) in [6.07, 6.45) is 3.77. The van der Waals surface area contributed by atoms with Crippen LogP contribution in [0.3, 0.4) is 0 Å². The van der Waals surface area contributed by atoms with Crippen molar-refractivity contribution in [2.24, 2.45) is 0 Å². The van der Waals surface area contributed by atoms with E-state index in [0.29, 0.717) is 0 Å². The third-order valence-corrected chi connectivity index (χ3v) is 5.98. The predicted molar refractivity (Wildman–Crippen MR) is 68.9 cm³/mol. The maximum absolute atomic E-state index is 4.38. The lowest BCUT2D eigenvalue weighted by atomic mass is 10.2. The van der Waals surface area contributed by atoms with Gasteiger partial charge in [0.2, 0.25) is 0 Å². The van der Waals surface area contributed by atoms with Crippen molar-refractivity contribution in [3.8, 4) is 0 Å². The zero-order valence-corrected chi connectivity index (χ0v) is 9.65. The van der Waals surface area contributed by atoms with E-state index in [4.69, 9.17) is 0 Å². The van der Waals surface area contributed by atoms with Gasteiger partial charge in [-0.1, -0.05) is 36.9 Å². The minimum atomic E-state index is -1.01. The van der Waals surface area contributed by atoms with Crippen molar-refractivity contribution < 1.29 is 0 Å². The van der Waals surface area contributed by atoms with Gasteiger partial charge in [0.1, 0.15) is 0 Å². The summed E-state index contributed by atoms with van der Waals surface area (Å²) in [6, 6.07) is 8.68. The molecule has 1 aliphatic carbocycles. The van der Waals surface area contributed by atoms with Crippen molar-refractivity contribution in [3.63, 3.8) is 0 Å². The Bertz CT molecular complexity index is 422. The Morgan fingerprint density at radius 1 is 1.29 bits per heavy atom. The molecule has 1 aromatic rings. The molecule has 1 saturated carbocycles. The van der Waals surface area contributed by atoms with E-state index in [9.17, 15) is 0 Å². The molecule has 14 heavy (non-hydrogen) atoms. The number of benzene rings is 1. The lowest BCUT2D eigenvalue weighted by Gasteiger charge is -2.17. The number of rotatable bonds is 3. The van der Waals surface area contributed by atoms with Crippen molar-refractivity contribution in [2.75, 3.05) is 0 Å². The van der Waals surface area contributed by atoms with E-state index in [1.165, 1.54) is 23.3 Å². The molecule has 76 valence electrons. The number of hydrogen-bond donors (Lipinski definition) is 0. The Hall–Kier alpha value is -0.690. The molecule has 0 saturated heterocycles. The molecule has 0 N–H and O–H groups in total. The van der Waals surface area contributed by atoms with Gasteiger partial charge in [0.15, 0.2) is 0 Å². The van der Waals surface area contributed by atoms with Crippen molar-refractivity contribution in [1.82, 2.24) is 0 Å². The molecule has 0 radical (unpaired) electrons. The summed E-state index contributed by atoms with van der Waals surface area (Å²) in [6.45, 7) is 2.21. The normalized spacial score (nSPS) is 16.9. The molecule has 0 nitrogen and oxygen atoms in total. The van der Waals surface area contributed by atoms with Crippen molar-refractivity contribution in [3.05, 3.63) is 29.8 Å². The topological polar surface area (TPSA) is 0 Å². The van der Waals surface area contributed by atoms with Crippen LogP contribution in [0.1, 0.15) is 25.3 Å². The second-order valence-corrected chi connectivity index (χ2v) is 7.10. The first kappa shape index (κ1) is 9.85. The minimum Gasteiger partial charge on any atom is -0.184 e. The van der Waals surface area contributed by atoms with Crippen LogP contribution in [-0.2, 0) is 6.42 Å². The first-order chi connectivity index (χ1) is 6.66. The SMILES string of the molecule is C=S(=C)(c1ccccc1CC)C1CC1. The average Bonchev–Trinajstić information content (AvgIpc) is 3.01. The third-order valence-electron chi connectivity index (χ3n) is 2.95. The highest BCUT2D eigenvalue weighted by Gasteiger charge is 2.28. The van der Waals surface area contributed by atoms with Gasteiger partial charge in [0.25, 0.3) is 0 Å². The van der Waals surface area contributed by atoms with Gasteiger partial charge in [0, 0.05) is 0 Å². The summed E-state index contributed by atoms with van der Waals surface area (Å²) in [5, 5.41) is 0.787. The van der Waals surface area contributed by atoms with E-state index < -0.39 is 9.21 Å². The first-order valence-electron chi connectivity index (χ1n) is 5.22. The summed E-state index contributed by atoms with van der Waals surface area (Å²) >= 11 is 0. The van der Waals surface area contributed by atoms with Crippen LogP contribution in [0.15, 0.2) is 29.2 Å². The van der Waals surface area contributed by atoms with E-state index in [-0.39, 0.29) is 0 Å². The fourth-order valence-corrected chi connectivity index (χ4v) is 4.37. The Kier molecular flexibility index (Phi) is 2.44. The molecule has 0 spiro atoms. The maximum atomic E-state index is 4.38. The Morgan fingerprint density at radius 2 is 1.93 bits per heavy atom. The zero-order chi connectivity index (χ0) is 10.2. The highest BCUT2D eigenvalue weighted by molar-refractivity contribution is 8.28. The van der Waals surface area contributed by atoms with Crippen molar-refractivity contribution in [2.45, 2.75) is 36.3 Å². The molecule has 0 heterocycles. The fourth-order valence-electron chi connectivity index (χ4n) is 1.89. The molecular weight excluding hydrogens is 188 g/mol. The molecule has 0 aromatic heterocycles. The van der Waals surface area contributed by atoms with Gasteiger partial charge in [0.05, 0.1) is 0 Å². The number of hydrogen-bond acceptors (Lipinski definition) is 0. The largest absolute Gasteiger partial charge is 0.184 e. The predicted octanol–water partition coefficient (Wildman–Crippen LogP) is 3.44. The first-order valence-corrected chi connectivity index (χ1v) is 7.26. The smallest absolute Gasteiger partial charge is 0.000464 e. The van der Waals surface area contributed by atoms with Crippen LogP contribution in [0.25, 0.3) is 0 Å². The standard InChI is InChI=1S/C13H18S/c1-4-11-7-5-6-8-13(11)14(2,3)12-9-10-12/h5-8,12H,2-4,9-10H2,1H3. The molecule has 0 atom stereocenters. The third kappa shape index (κ3) is 1.61. The van der Waals surface area contributed by atoms with Crippen LogP contribution in [-0.4, -0.2) is 17.0 Å². The lowest BCUT2D eigenvalue weighted by molar-refractivity contribution is 1.08. The molecule has 1 aliphatic rings. The van der Waals surface area contributed by atoms with Gasteiger partial charge in [-0.2, -0.15) is 9.21 Å². The Labute approximate surface area is 87.4 Å². The van der Waals surface area contributed by atoms with Gasteiger partial charge in [-0.3, -0.25) is 0 Å². The van der Waals surface area contributed by atoms with E-state index in [1.807, 2.05) is 0 Å². The van der Waals surface area contributed by atoms with Gasteiger partial charge in [-0.25, -0.2) is 0 Å². The highest BCUT2D eigenvalue weighted by atomic mass is 32.2. The van der Waals surface area contributed by atoms with Crippen molar-refractivity contribution in [1.29, 1.82) is 0 Å². The second kappa shape index (κ2) is 3.47. The Balaban J connectivity index is 2.49. The van der Waals surface area contributed by atoms with Gasteiger partial charge in [-0.05, 0) is 41.0 Å². The average molecular weight is 206 g/mol. The zero-order valence-electron chi connectivity index (χ0n) is 8.83. The summed E-state index contributed by atoms with van der Waals surface area (Å²) in [7, 11) is -1.01. The molecule has 0 aliphatic heterocycles. The van der Waals surface area contributed by atoms with E-state index >= 15 is 0 Å².